The first-order valence-corrected chi connectivity index (χ1v) is 13.1. The van der Waals surface area contributed by atoms with E-state index in [-0.39, 0.29) is 0 Å². The van der Waals surface area contributed by atoms with Crippen molar-refractivity contribution in [3.05, 3.63) is 0 Å². The Morgan fingerprint density at radius 1 is 0.586 bits per heavy atom. The summed E-state index contributed by atoms with van der Waals surface area (Å²) in [6.07, 6.45) is 27.1. The summed E-state index contributed by atoms with van der Waals surface area (Å²) in [5.74, 6) is 0.336. The fourth-order valence-corrected chi connectivity index (χ4v) is 4.10. The van der Waals surface area contributed by atoms with E-state index in [0.29, 0.717) is 23.4 Å². The molecule has 0 aliphatic carbocycles. The van der Waals surface area contributed by atoms with E-state index in [1.54, 1.807) is 0 Å². The molecule has 0 saturated heterocycles. The number of unbranched alkanes of at least 4 members (excludes halogenated alkanes) is 18. The Hall–Kier alpha value is -0.410. The molecule has 0 unspecified atom stereocenters. The van der Waals surface area contributed by atoms with Gasteiger partial charge >= 0.3 is 5.91 Å². The minimum absolute atomic E-state index is 0.336. The molecule has 0 heterocycles. The van der Waals surface area contributed by atoms with Crippen molar-refractivity contribution < 1.29 is 9.28 Å². The summed E-state index contributed by atoms with van der Waals surface area (Å²) in [6, 6.07) is 0. The van der Waals surface area contributed by atoms with Crippen molar-refractivity contribution in [1.29, 1.82) is 0 Å². The number of quaternary nitrogens is 1. The molecule has 0 spiro atoms. The summed E-state index contributed by atoms with van der Waals surface area (Å²) in [4.78, 5) is 12.2. The van der Waals surface area contributed by atoms with Gasteiger partial charge < -0.3 is 5.73 Å². The van der Waals surface area contributed by atoms with Gasteiger partial charge in [0, 0.05) is 6.54 Å². The number of rotatable bonds is 22. The van der Waals surface area contributed by atoms with E-state index in [1.807, 2.05) is 14.1 Å². The molecule has 0 atom stereocenters. The molecular formula is C26H55N2O+. The maximum Gasteiger partial charge on any atom is 0.313 e. The van der Waals surface area contributed by atoms with E-state index in [9.17, 15) is 4.79 Å². The second-order valence-corrected chi connectivity index (χ2v) is 9.70. The zero-order valence-corrected chi connectivity index (χ0v) is 20.5. The summed E-state index contributed by atoms with van der Waals surface area (Å²) in [5, 5.41) is 0. The zero-order chi connectivity index (χ0) is 21.6. The van der Waals surface area contributed by atoms with Gasteiger partial charge in [0.2, 0.25) is 0 Å². The van der Waals surface area contributed by atoms with E-state index in [1.165, 1.54) is 116 Å². The van der Waals surface area contributed by atoms with Crippen LogP contribution in [0.3, 0.4) is 0 Å². The van der Waals surface area contributed by atoms with E-state index >= 15 is 0 Å². The largest absolute Gasteiger partial charge is 0.326 e. The van der Waals surface area contributed by atoms with E-state index in [2.05, 4.69) is 6.92 Å². The zero-order valence-electron chi connectivity index (χ0n) is 20.5. The summed E-state index contributed by atoms with van der Waals surface area (Å²) in [6.45, 7) is 3.62. The predicted molar refractivity (Wildman–Crippen MR) is 129 cm³/mol. The lowest BCUT2D eigenvalue weighted by Gasteiger charge is -2.26. The van der Waals surface area contributed by atoms with Crippen molar-refractivity contribution in [3.8, 4) is 0 Å². The normalized spacial score (nSPS) is 11.9. The third kappa shape index (κ3) is 19.3. The minimum Gasteiger partial charge on any atom is -0.326 e. The number of likely N-dealkylation sites (N-methyl/N-ethyl adjacent to an activating group) is 1. The lowest BCUT2D eigenvalue weighted by atomic mass is 10.0. The third-order valence-electron chi connectivity index (χ3n) is 6.36. The van der Waals surface area contributed by atoms with Crippen LogP contribution < -0.4 is 5.73 Å². The van der Waals surface area contributed by atoms with Gasteiger partial charge in [-0.15, -0.1) is 0 Å². The summed E-state index contributed by atoms with van der Waals surface area (Å²) >= 11 is 0. The van der Waals surface area contributed by atoms with Gasteiger partial charge in [0.15, 0.2) is 0 Å². The molecule has 3 heteroatoms. The van der Waals surface area contributed by atoms with E-state index in [4.69, 9.17) is 5.73 Å². The molecule has 0 aliphatic heterocycles. The van der Waals surface area contributed by atoms with Crippen LogP contribution in [0, 0.1) is 0 Å². The van der Waals surface area contributed by atoms with Gasteiger partial charge in [0.05, 0.1) is 27.1 Å². The van der Waals surface area contributed by atoms with Crippen LogP contribution in [0.1, 0.15) is 135 Å². The molecule has 0 aromatic heterocycles. The molecule has 0 radical (unpaired) electrons. The Morgan fingerprint density at radius 3 is 1.21 bits per heavy atom. The summed E-state index contributed by atoms with van der Waals surface area (Å²) in [5.41, 5.74) is 5.59. The minimum atomic E-state index is 0.336. The van der Waals surface area contributed by atoms with Crippen molar-refractivity contribution >= 4 is 5.91 Å². The van der Waals surface area contributed by atoms with Crippen LogP contribution in [-0.4, -0.2) is 37.6 Å². The van der Waals surface area contributed by atoms with Gasteiger partial charge in [-0.2, -0.15) is 0 Å². The van der Waals surface area contributed by atoms with Gasteiger partial charge in [0.25, 0.3) is 0 Å². The maximum absolute atomic E-state index is 12.2. The Balaban J connectivity index is 3.20. The van der Waals surface area contributed by atoms with Crippen molar-refractivity contribution in [2.24, 2.45) is 5.73 Å². The average Bonchev–Trinajstić information content (AvgIpc) is 2.69. The number of nitrogens with two attached hydrogens (primary N) is 1. The summed E-state index contributed by atoms with van der Waals surface area (Å²) < 4.78 is 0.440. The van der Waals surface area contributed by atoms with Gasteiger partial charge in [-0.3, -0.25) is 4.48 Å². The number of carbonyl (C=O) groups is 1. The quantitative estimate of drug-likeness (QED) is 0.149. The molecule has 0 aromatic carbocycles. The van der Waals surface area contributed by atoms with Gasteiger partial charge in [-0.05, 0) is 6.42 Å². The second kappa shape index (κ2) is 20.8. The number of hydrogen-bond donors (Lipinski definition) is 1. The Kier molecular flexibility index (Phi) is 20.6. The maximum atomic E-state index is 12.2. The number of carbonyl (C=O) groups excluding carboxylic acids is 1. The lowest BCUT2D eigenvalue weighted by Crippen LogP contribution is -2.48. The molecule has 0 rings (SSSR count). The SMILES string of the molecule is CCCCCCCCCCCCCCCCCCCCCC(=O)[N+](C)(C)CCN. The lowest BCUT2D eigenvalue weighted by molar-refractivity contribution is -0.812. The first kappa shape index (κ1) is 28.6. The fourth-order valence-electron chi connectivity index (χ4n) is 4.10. The molecule has 0 aliphatic rings. The van der Waals surface area contributed by atoms with Crippen LogP contribution in [0.15, 0.2) is 0 Å². The molecule has 3 nitrogen and oxygen atoms in total. The molecule has 29 heavy (non-hydrogen) atoms. The number of nitrogens with zero attached hydrogens (tertiary/aromatic N) is 1. The van der Waals surface area contributed by atoms with Gasteiger partial charge in [-0.25, -0.2) is 4.79 Å². The topological polar surface area (TPSA) is 43.1 Å². The van der Waals surface area contributed by atoms with Crippen molar-refractivity contribution in [2.45, 2.75) is 135 Å². The highest BCUT2D eigenvalue weighted by Crippen LogP contribution is 2.15. The highest BCUT2D eigenvalue weighted by Gasteiger charge is 2.24. The van der Waals surface area contributed by atoms with Crippen molar-refractivity contribution in [1.82, 2.24) is 0 Å². The van der Waals surface area contributed by atoms with E-state index in [0.717, 1.165) is 13.0 Å². The van der Waals surface area contributed by atoms with Gasteiger partial charge in [-0.1, -0.05) is 122 Å². The standard InChI is InChI=1S/C26H55N2O/c1-4-5-6-7-8-9-10-11-12-13-14-15-16-17-18-19-20-21-22-23-26(29)28(2,3)25-24-27/h4-25,27H2,1-3H3/q+1. The molecule has 0 saturated carbocycles. The molecule has 174 valence electrons. The highest BCUT2D eigenvalue weighted by molar-refractivity contribution is 5.68. The molecule has 2 N–H and O–H groups in total. The van der Waals surface area contributed by atoms with Crippen LogP contribution in [0.5, 0.6) is 0 Å². The first-order chi connectivity index (χ1) is 14.0. The number of hydrogen-bond acceptors (Lipinski definition) is 2. The van der Waals surface area contributed by atoms with Crippen LogP contribution in [0.25, 0.3) is 0 Å². The third-order valence-corrected chi connectivity index (χ3v) is 6.36. The van der Waals surface area contributed by atoms with Crippen molar-refractivity contribution in [2.75, 3.05) is 27.2 Å². The van der Waals surface area contributed by atoms with Crippen LogP contribution >= 0.6 is 0 Å². The molecule has 0 fully saturated rings. The molecule has 0 bridgehead atoms. The highest BCUT2D eigenvalue weighted by atomic mass is 16.2. The second-order valence-electron chi connectivity index (χ2n) is 9.70. The smallest absolute Gasteiger partial charge is 0.313 e. The average molecular weight is 412 g/mol. The van der Waals surface area contributed by atoms with Crippen LogP contribution in [0.4, 0.5) is 0 Å². The monoisotopic (exact) mass is 411 g/mol. The predicted octanol–water partition coefficient (Wildman–Crippen LogP) is 7.37. The molecule has 0 aromatic rings. The van der Waals surface area contributed by atoms with Gasteiger partial charge in [0.1, 0.15) is 0 Å². The number of amides is 1. The van der Waals surface area contributed by atoms with Crippen LogP contribution in [-0.2, 0) is 4.79 Å². The summed E-state index contributed by atoms with van der Waals surface area (Å²) in [7, 11) is 3.95. The fraction of sp³-hybridized carbons (Fsp3) is 0.962. The Morgan fingerprint density at radius 2 is 0.897 bits per heavy atom. The van der Waals surface area contributed by atoms with Crippen molar-refractivity contribution in [3.63, 3.8) is 0 Å². The Bertz CT molecular complexity index is 355. The molecular weight excluding hydrogens is 356 g/mol. The molecule has 1 amide bonds. The first-order valence-electron chi connectivity index (χ1n) is 13.1. The van der Waals surface area contributed by atoms with Crippen LogP contribution in [0.2, 0.25) is 0 Å². The Labute approximate surface area is 183 Å². The van der Waals surface area contributed by atoms with E-state index < -0.39 is 0 Å².